The van der Waals surface area contributed by atoms with Crippen molar-refractivity contribution >= 4 is 34.2 Å². The van der Waals surface area contributed by atoms with Gasteiger partial charge in [-0.3, -0.25) is 10.3 Å². The smallest absolute Gasteiger partial charge is 0.175 e. The van der Waals surface area contributed by atoms with Gasteiger partial charge in [0, 0.05) is 50.2 Å². The molecule has 3 aromatic rings. The summed E-state index contributed by atoms with van der Waals surface area (Å²) in [6.45, 7) is 9.61. The Balaban J connectivity index is 1.54. The molecular formula is C28H38N8O. The number of nitrogens with one attached hydrogen (secondary N) is 2. The van der Waals surface area contributed by atoms with Crippen LogP contribution in [0.25, 0.3) is 11.3 Å². The minimum atomic E-state index is 0.414. The second-order valence-electron chi connectivity index (χ2n) is 10.2. The Morgan fingerprint density at radius 1 is 1.19 bits per heavy atom. The molecule has 4 heterocycles. The molecule has 0 atom stereocenters. The molecule has 0 amide bonds. The molecule has 0 bridgehead atoms. The molecule has 0 unspecified atom stereocenters. The maximum atomic E-state index is 9.15. The van der Waals surface area contributed by atoms with Crippen LogP contribution in [-0.4, -0.2) is 88.8 Å². The molecule has 3 aromatic heterocycles. The highest BCUT2D eigenvalue weighted by Crippen LogP contribution is 2.35. The summed E-state index contributed by atoms with van der Waals surface area (Å²) in [7, 11) is 6.15. The van der Waals surface area contributed by atoms with E-state index >= 15 is 0 Å². The number of pyridine rings is 1. The van der Waals surface area contributed by atoms with E-state index < -0.39 is 0 Å². The van der Waals surface area contributed by atoms with Gasteiger partial charge >= 0.3 is 0 Å². The number of aliphatic imine (C=N–C) groups is 1. The highest BCUT2D eigenvalue weighted by atomic mass is 16.5. The number of ether oxygens (including phenoxy) is 1. The number of anilines is 1. The summed E-state index contributed by atoms with van der Waals surface area (Å²) in [4.78, 5) is 9.63. The van der Waals surface area contributed by atoms with Gasteiger partial charge in [0.25, 0.3) is 0 Å². The van der Waals surface area contributed by atoms with Crippen LogP contribution in [-0.2, 0) is 11.8 Å². The lowest BCUT2D eigenvalue weighted by molar-refractivity contribution is 0.212. The maximum absolute atomic E-state index is 9.15. The standard InChI is InChI=1S/C28H38N8O/c1-19-20(2)34(5)27-23(37-17-16-35-12-8-9-13-35)18-21(25(29)24(19)27)31-26-22-10-6-7-14-36(22)32-28(26)30-11-15-33(3)4/h6-7,10,14,18,29H,8-9,11-13,15-17H2,1-5H3,(H,30,32)/b29-25?,31-21+. The van der Waals surface area contributed by atoms with E-state index in [2.05, 4.69) is 33.5 Å². The predicted molar refractivity (Wildman–Crippen MR) is 151 cm³/mol. The normalized spacial score (nSPS) is 17.2. The van der Waals surface area contributed by atoms with Crippen LogP contribution in [0.15, 0.2) is 35.5 Å². The number of nitrogens with zero attached hydrogens (tertiary/aromatic N) is 6. The second kappa shape index (κ2) is 10.5. The average molecular weight is 503 g/mol. The van der Waals surface area contributed by atoms with Crippen LogP contribution in [0.5, 0.6) is 0 Å². The van der Waals surface area contributed by atoms with E-state index in [4.69, 9.17) is 20.2 Å². The van der Waals surface area contributed by atoms with Crippen LogP contribution in [0.3, 0.4) is 0 Å². The molecule has 5 rings (SSSR count). The molecule has 1 fully saturated rings. The van der Waals surface area contributed by atoms with E-state index in [-0.39, 0.29) is 0 Å². The van der Waals surface area contributed by atoms with Crippen LogP contribution < -0.4 is 5.32 Å². The first-order valence-electron chi connectivity index (χ1n) is 13.1. The molecule has 0 saturated carbocycles. The van der Waals surface area contributed by atoms with Gasteiger partial charge in [0.2, 0.25) is 0 Å². The Morgan fingerprint density at radius 3 is 2.73 bits per heavy atom. The number of aromatic nitrogens is 3. The topological polar surface area (TPSA) is 86.2 Å². The Morgan fingerprint density at radius 2 is 1.97 bits per heavy atom. The lowest BCUT2D eigenvalue weighted by Gasteiger charge is -2.21. The van der Waals surface area contributed by atoms with Gasteiger partial charge < -0.3 is 19.5 Å². The highest BCUT2D eigenvalue weighted by Gasteiger charge is 2.30. The Bertz CT molecular complexity index is 1370. The van der Waals surface area contributed by atoms with Gasteiger partial charge in [-0.05, 0) is 71.6 Å². The Labute approximate surface area is 218 Å². The van der Waals surface area contributed by atoms with E-state index in [0.717, 1.165) is 72.2 Å². The molecule has 2 N–H and O–H groups in total. The fourth-order valence-electron chi connectivity index (χ4n) is 5.16. The third-order valence-electron chi connectivity index (χ3n) is 7.46. The van der Waals surface area contributed by atoms with Gasteiger partial charge in [-0.25, -0.2) is 9.51 Å². The predicted octanol–water partition coefficient (Wildman–Crippen LogP) is 3.87. The molecule has 0 radical (unpaired) electrons. The summed E-state index contributed by atoms with van der Waals surface area (Å²) in [6.07, 6.45) is 6.39. The number of rotatable bonds is 9. The van der Waals surface area contributed by atoms with Crippen LogP contribution >= 0.6 is 0 Å². The van der Waals surface area contributed by atoms with Crippen LogP contribution in [0.2, 0.25) is 0 Å². The molecule has 37 heavy (non-hydrogen) atoms. The number of likely N-dealkylation sites (tertiary alicyclic amines) is 1. The Hall–Kier alpha value is -3.43. The first kappa shape index (κ1) is 25.2. The van der Waals surface area contributed by atoms with E-state index in [1.54, 1.807) is 0 Å². The first-order valence-corrected chi connectivity index (χ1v) is 13.1. The van der Waals surface area contributed by atoms with Crippen molar-refractivity contribution in [2.45, 2.75) is 26.7 Å². The van der Waals surface area contributed by atoms with Crippen molar-refractivity contribution in [1.82, 2.24) is 24.0 Å². The zero-order chi connectivity index (χ0) is 26.1. The van der Waals surface area contributed by atoms with Crippen molar-refractivity contribution in [3.05, 3.63) is 53.0 Å². The van der Waals surface area contributed by atoms with Crippen molar-refractivity contribution < 1.29 is 4.74 Å². The minimum absolute atomic E-state index is 0.414. The van der Waals surface area contributed by atoms with E-state index in [1.807, 2.05) is 56.1 Å². The van der Waals surface area contributed by atoms with Crippen LogP contribution in [0, 0.1) is 19.3 Å². The van der Waals surface area contributed by atoms with Gasteiger partial charge in [-0.1, -0.05) is 6.07 Å². The van der Waals surface area contributed by atoms with Crippen molar-refractivity contribution in [2.75, 3.05) is 58.7 Å². The fraction of sp³-hybridized carbons (Fsp3) is 0.464. The molecule has 9 heteroatoms. The van der Waals surface area contributed by atoms with Gasteiger partial charge in [0.1, 0.15) is 18.1 Å². The first-order chi connectivity index (χ1) is 17.8. The van der Waals surface area contributed by atoms with Crippen molar-refractivity contribution in [3.8, 4) is 0 Å². The lowest BCUT2D eigenvalue weighted by atomic mass is 9.95. The molecule has 0 aromatic carbocycles. The maximum Gasteiger partial charge on any atom is 0.175 e. The number of hydrogen-bond donors (Lipinski definition) is 2. The zero-order valence-electron chi connectivity index (χ0n) is 22.6. The number of fused-ring (bicyclic) bond motifs is 2. The number of allylic oxidation sites excluding steroid dienone is 1. The van der Waals surface area contributed by atoms with E-state index in [9.17, 15) is 0 Å². The fourth-order valence-corrected chi connectivity index (χ4v) is 5.16. The van der Waals surface area contributed by atoms with Crippen LogP contribution in [0.1, 0.15) is 35.4 Å². The summed E-state index contributed by atoms with van der Waals surface area (Å²) < 4.78 is 10.4. The molecule has 196 valence electrons. The van der Waals surface area contributed by atoms with Gasteiger partial charge in [0.15, 0.2) is 5.82 Å². The molecule has 9 nitrogen and oxygen atoms in total. The summed E-state index contributed by atoms with van der Waals surface area (Å²) >= 11 is 0. The molecule has 1 aliphatic heterocycles. The van der Waals surface area contributed by atoms with E-state index in [1.165, 1.54) is 12.8 Å². The van der Waals surface area contributed by atoms with Gasteiger partial charge in [0.05, 0.1) is 22.6 Å². The van der Waals surface area contributed by atoms with Gasteiger partial charge in [-0.15, -0.1) is 5.10 Å². The summed E-state index contributed by atoms with van der Waals surface area (Å²) in [5.41, 5.74) is 6.72. The monoisotopic (exact) mass is 502 g/mol. The average Bonchev–Trinajstić information content (AvgIpc) is 3.57. The zero-order valence-corrected chi connectivity index (χ0v) is 22.6. The van der Waals surface area contributed by atoms with Crippen LogP contribution in [0.4, 0.5) is 11.5 Å². The summed E-state index contributed by atoms with van der Waals surface area (Å²) in [6, 6.07) is 5.95. The Kier molecular flexibility index (Phi) is 7.17. The third kappa shape index (κ3) is 4.93. The molecule has 0 spiro atoms. The SMILES string of the molecule is Cc1c2c(n(C)c1C)C(OCCN1CCCC1)=C/C(=N\c1c(NCCN(C)C)nn3ccccc13)C2=N. The number of likely N-dealkylation sites (N-methyl/N-ethyl adjacent to an activating group) is 1. The third-order valence-corrected chi connectivity index (χ3v) is 7.46. The van der Waals surface area contributed by atoms with E-state index in [0.29, 0.717) is 23.8 Å². The molecule has 2 aliphatic rings. The summed E-state index contributed by atoms with van der Waals surface area (Å²) in [5.74, 6) is 1.49. The lowest BCUT2D eigenvalue weighted by Crippen LogP contribution is -2.25. The quantitative estimate of drug-likeness (QED) is 0.464. The highest BCUT2D eigenvalue weighted by molar-refractivity contribution is 6.54. The van der Waals surface area contributed by atoms with Crippen molar-refractivity contribution in [3.63, 3.8) is 0 Å². The molecular weight excluding hydrogens is 464 g/mol. The number of hydrogen-bond acceptors (Lipinski definition) is 7. The van der Waals surface area contributed by atoms with Gasteiger partial charge in [-0.2, -0.15) is 0 Å². The molecule has 1 aliphatic carbocycles. The van der Waals surface area contributed by atoms with Crippen molar-refractivity contribution in [1.29, 1.82) is 5.41 Å². The molecule has 1 saturated heterocycles. The largest absolute Gasteiger partial charge is 0.490 e. The summed E-state index contributed by atoms with van der Waals surface area (Å²) in [5, 5.41) is 17.3. The van der Waals surface area contributed by atoms with Crippen molar-refractivity contribution in [2.24, 2.45) is 12.0 Å². The minimum Gasteiger partial charge on any atom is -0.490 e. The second-order valence-corrected chi connectivity index (χ2v) is 10.2.